The summed E-state index contributed by atoms with van der Waals surface area (Å²) in [5.41, 5.74) is 1.00. The Bertz CT molecular complexity index is 1120. The summed E-state index contributed by atoms with van der Waals surface area (Å²) < 4.78 is 1.24. The van der Waals surface area contributed by atoms with Gasteiger partial charge >= 0.3 is 0 Å². The summed E-state index contributed by atoms with van der Waals surface area (Å²) in [5, 5.41) is 12.3. The minimum Gasteiger partial charge on any atom is -0.336 e. The van der Waals surface area contributed by atoms with Crippen molar-refractivity contribution in [2.24, 2.45) is 0 Å². The Morgan fingerprint density at radius 3 is 2.61 bits per heavy atom. The number of halogens is 3. The molecule has 0 atom stereocenters. The number of amides is 2. The van der Waals surface area contributed by atoms with E-state index in [0.717, 1.165) is 11.8 Å². The quantitative estimate of drug-likeness (QED) is 0.378. The first kappa shape index (κ1) is 23.2. The van der Waals surface area contributed by atoms with E-state index in [-0.39, 0.29) is 24.1 Å². The number of benzene rings is 2. The molecule has 3 N–H and O–H groups in total. The van der Waals surface area contributed by atoms with Crippen LogP contribution in [0, 0.1) is 0 Å². The number of carbonyl (C=O) groups excluding carboxylic acids is 2. The molecule has 0 aliphatic rings. The SMILES string of the molecule is CN(CC(=O)Nc1ccccc1Cl)C(=O)CSc1nnc(-c2cc(Cl)ccc2Cl)n1N. The van der Waals surface area contributed by atoms with Gasteiger partial charge in [0, 0.05) is 17.6 Å². The van der Waals surface area contributed by atoms with Gasteiger partial charge in [-0.3, -0.25) is 9.59 Å². The van der Waals surface area contributed by atoms with Crippen LogP contribution in [0.5, 0.6) is 0 Å². The fourth-order valence-electron chi connectivity index (χ4n) is 2.52. The van der Waals surface area contributed by atoms with Gasteiger partial charge in [0.2, 0.25) is 17.0 Å². The zero-order valence-electron chi connectivity index (χ0n) is 16.2. The molecule has 0 saturated carbocycles. The van der Waals surface area contributed by atoms with Crippen LogP contribution in [0.25, 0.3) is 11.4 Å². The molecule has 3 aromatic rings. The van der Waals surface area contributed by atoms with Crippen LogP contribution in [0.1, 0.15) is 0 Å². The first-order chi connectivity index (χ1) is 14.8. The molecule has 0 bridgehead atoms. The molecule has 0 aliphatic carbocycles. The average Bonchev–Trinajstić information content (AvgIpc) is 3.09. The van der Waals surface area contributed by atoms with Crippen LogP contribution < -0.4 is 11.2 Å². The number of rotatable bonds is 7. The number of nitrogen functional groups attached to an aromatic ring is 1. The number of nitrogens with one attached hydrogen (secondary N) is 1. The van der Waals surface area contributed by atoms with Gasteiger partial charge in [0.25, 0.3) is 0 Å². The van der Waals surface area contributed by atoms with E-state index in [1.165, 1.54) is 16.6 Å². The van der Waals surface area contributed by atoms with Gasteiger partial charge in [0.1, 0.15) is 0 Å². The van der Waals surface area contributed by atoms with Crippen molar-refractivity contribution in [2.45, 2.75) is 5.16 Å². The van der Waals surface area contributed by atoms with E-state index in [9.17, 15) is 9.59 Å². The van der Waals surface area contributed by atoms with Gasteiger partial charge in [0.05, 0.1) is 28.0 Å². The van der Waals surface area contributed by atoms with Gasteiger partial charge in [0.15, 0.2) is 5.82 Å². The molecule has 1 aromatic heterocycles. The maximum Gasteiger partial charge on any atom is 0.244 e. The molecule has 0 radical (unpaired) electrons. The van der Waals surface area contributed by atoms with Crippen LogP contribution in [-0.2, 0) is 9.59 Å². The van der Waals surface area contributed by atoms with Crippen molar-refractivity contribution in [1.29, 1.82) is 0 Å². The highest BCUT2D eigenvalue weighted by atomic mass is 35.5. The molecule has 2 aromatic carbocycles. The second-order valence-electron chi connectivity index (χ2n) is 6.37. The van der Waals surface area contributed by atoms with E-state index in [0.29, 0.717) is 37.3 Å². The lowest BCUT2D eigenvalue weighted by molar-refractivity contribution is -0.131. The third-order valence-corrected chi connectivity index (χ3v) is 5.94. The van der Waals surface area contributed by atoms with E-state index >= 15 is 0 Å². The molecular weight excluding hydrogens is 483 g/mol. The number of nitrogens with zero attached hydrogens (tertiary/aromatic N) is 4. The summed E-state index contributed by atoms with van der Waals surface area (Å²) in [5.74, 6) is 5.73. The number of para-hydroxylation sites is 1. The highest BCUT2D eigenvalue weighted by molar-refractivity contribution is 7.99. The van der Waals surface area contributed by atoms with Gasteiger partial charge in [-0.05, 0) is 30.3 Å². The van der Waals surface area contributed by atoms with Crippen LogP contribution in [0.4, 0.5) is 5.69 Å². The summed E-state index contributed by atoms with van der Waals surface area (Å²) in [6.45, 7) is -0.136. The smallest absolute Gasteiger partial charge is 0.244 e. The lowest BCUT2D eigenvalue weighted by Gasteiger charge is -2.16. The zero-order chi connectivity index (χ0) is 22.5. The Kier molecular flexibility index (Phi) is 7.66. The molecule has 162 valence electrons. The maximum atomic E-state index is 12.4. The van der Waals surface area contributed by atoms with Gasteiger partial charge < -0.3 is 16.1 Å². The minimum atomic E-state index is -0.367. The van der Waals surface area contributed by atoms with Crippen molar-refractivity contribution in [3.63, 3.8) is 0 Å². The van der Waals surface area contributed by atoms with Gasteiger partial charge in [-0.2, -0.15) is 0 Å². The normalized spacial score (nSPS) is 10.7. The lowest BCUT2D eigenvalue weighted by Crippen LogP contribution is -2.36. The van der Waals surface area contributed by atoms with Crippen LogP contribution >= 0.6 is 46.6 Å². The number of thioether (sulfide) groups is 1. The largest absolute Gasteiger partial charge is 0.336 e. The van der Waals surface area contributed by atoms with Crippen molar-refractivity contribution < 1.29 is 9.59 Å². The summed E-state index contributed by atoms with van der Waals surface area (Å²) in [4.78, 5) is 25.9. The molecule has 1 heterocycles. The van der Waals surface area contributed by atoms with E-state index in [1.54, 1.807) is 42.5 Å². The number of hydrogen-bond donors (Lipinski definition) is 2. The molecule has 0 spiro atoms. The van der Waals surface area contributed by atoms with Crippen molar-refractivity contribution in [2.75, 3.05) is 30.5 Å². The van der Waals surface area contributed by atoms with Crippen LogP contribution in [-0.4, -0.2) is 50.9 Å². The number of aromatic nitrogens is 3. The lowest BCUT2D eigenvalue weighted by atomic mass is 10.2. The van der Waals surface area contributed by atoms with E-state index in [2.05, 4.69) is 15.5 Å². The van der Waals surface area contributed by atoms with Crippen LogP contribution in [0.2, 0.25) is 15.1 Å². The summed E-state index contributed by atoms with van der Waals surface area (Å²) >= 11 is 19.3. The Labute approximate surface area is 197 Å². The molecule has 12 heteroatoms. The van der Waals surface area contributed by atoms with Crippen molar-refractivity contribution in [3.8, 4) is 11.4 Å². The Balaban J connectivity index is 1.58. The minimum absolute atomic E-state index is 0.00842. The predicted octanol–water partition coefficient (Wildman–Crippen LogP) is 3.81. The Morgan fingerprint density at radius 1 is 1.13 bits per heavy atom. The van der Waals surface area contributed by atoms with Crippen molar-refractivity contribution >= 4 is 64.1 Å². The zero-order valence-corrected chi connectivity index (χ0v) is 19.3. The summed E-state index contributed by atoms with van der Waals surface area (Å²) in [6.07, 6.45) is 0. The molecule has 0 aliphatic heterocycles. The average molecular weight is 500 g/mol. The molecule has 3 rings (SSSR count). The van der Waals surface area contributed by atoms with Gasteiger partial charge in [-0.1, -0.05) is 58.7 Å². The molecule has 0 unspecified atom stereocenters. The number of hydrogen-bond acceptors (Lipinski definition) is 6. The highest BCUT2D eigenvalue weighted by Crippen LogP contribution is 2.30. The predicted molar refractivity (Wildman–Crippen MR) is 124 cm³/mol. The molecule has 0 saturated heterocycles. The number of nitrogens with two attached hydrogens (primary N) is 1. The number of likely N-dealkylation sites (N-methyl/N-ethyl adjacent to an activating group) is 1. The first-order valence-corrected chi connectivity index (χ1v) is 10.9. The molecule has 0 fully saturated rings. The molecule has 31 heavy (non-hydrogen) atoms. The summed E-state index contributed by atoms with van der Waals surface area (Å²) in [7, 11) is 1.53. The maximum absolute atomic E-state index is 12.4. The van der Waals surface area contributed by atoms with Gasteiger partial charge in [-0.25, -0.2) is 4.68 Å². The number of anilines is 1. The second kappa shape index (κ2) is 10.2. The first-order valence-electron chi connectivity index (χ1n) is 8.83. The Hall–Kier alpha value is -2.46. The second-order valence-corrected chi connectivity index (χ2v) is 8.56. The van der Waals surface area contributed by atoms with Crippen LogP contribution in [0.15, 0.2) is 47.6 Å². The molecule has 2 amide bonds. The standard InChI is InChI=1S/C19H17Cl3N6O2S/c1-27(9-16(29)24-15-5-3-2-4-14(15)22)17(30)10-31-19-26-25-18(28(19)23)12-8-11(20)6-7-13(12)21/h2-8H,9-10,23H2,1H3,(H,24,29). The topological polar surface area (TPSA) is 106 Å². The molecule has 8 nitrogen and oxygen atoms in total. The molecular formula is C19H17Cl3N6O2S. The fourth-order valence-corrected chi connectivity index (χ4v) is 3.87. The third kappa shape index (κ3) is 5.82. The monoisotopic (exact) mass is 498 g/mol. The fraction of sp³-hybridized carbons (Fsp3) is 0.158. The number of carbonyl (C=O) groups is 2. The van der Waals surface area contributed by atoms with E-state index < -0.39 is 0 Å². The van der Waals surface area contributed by atoms with Crippen molar-refractivity contribution in [3.05, 3.63) is 57.5 Å². The highest BCUT2D eigenvalue weighted by Gasteiger charge is 2.19. The van der Waals surface area contributed by atoms with Crippen molar-refractivity contribution in [1.82, 2.24) is 19.8 Å². The van der Waals surface area contributed by atoms with E-state index in [1.807, 2.05) is 0 Å². The third-order valence-electron chi connectivity index (χ3n) is 4.11. The van der Waals surface area contributed by atoms with E-state index in [4.69, 9.17) is 40.6 Å². The Morgan fingerprint density at radius 2 is 1.87 bits per heavy atom. The summed E-state index contributed by atoms with van der Waals surface area (Å²) in [6, 6.07) is 11.8. The van der Waals surface area contributed by atoms with Crippen LogP contribution in [0.3, 0.4) is 0 Å². The van der Waals surface area contributed by atoms with Gasteiger partial charge in [-0.15, -0.1) is 10.2 Å².